The van der Waals surface area contributed by atoms with Gasteiger partial charge in [0, 0.05) is 11.6 Å². The van der Waals surface area contributed by atoms with Crippen LogP contribution < -0.4 is 19.6 Å². The lowest BCUT2D eigenvalue weighted by atomic mass is 9.97. The molecule has 3 aromatic carbocycles. The van der Waals surface area contributed by atoms with E-state index in [9.17, 15) is 14.0 Å². The van der Waals surface area contributed by atoms with Gasteiger partial charge in [-0.05, 0) is 60.0 Å². The van der Waals surface area contributed by atoms with Crippen LogP contribution in [0.3, 0.4) is 0 Å². The number of nitrogens with zero attached hydrogens (tertiary/aromatic N) is 1. The summed E-state index contributed by atoms with van der Waals surface area (Å²) in [5.41, 5.74) is 2.02. The lowest BCUT2D eigenvalue weighted by Crippen LogP contribution is -2.29. The molecule has 0 aliphatic carbocycles. The number of amides is 1. The summed E-state index contributed by atoms with van der Waals surface area (Å²) in [6, 6.07) is 11.6. The van der Waals surface area contributed by atoms with Crippen LogP contribution in [0.1, 0.15) is 38.9 Å². The fourth-order valence-electron chi connectivity index (χ4n) is 4.70. The quantitative estimate of drug-likeness (QED) is 0.324. The molecule has 0 saturated carbocycles. The van der Waals surface area contributed by atoms with Crippen LogP contribution in [0.2, 0.25) is 5.02 Å². The first-order valence-corrected chi connectivity index (χ1v) is 11.8. The standard InChI is InChI=1S/C28H23ClFNO6/c1-14-9-20-18(12-19(14)29)25(32)23-24(16-10-21(34-2)26(36-4)22(11-16)35-3)31(28(33)27(23)37-20)13-15-5-7-17(30)8-6-15/h5-12,24H,13H2,1-4H3. The lowest BCUT2D eigenvalue weighted by molar-refractivity contribution is 0.0714. The van der Waals surface area contributed by atoms with Crippen molar-refractivity contribution in [2.75, 3.05) is 21.3 Å². The van der Waals surface area contributed by atoms with Crippen LogP contribution in [0.15, 0.2) is 57.7 Å². The molecule has 1 aliphatic rings. The molecule has 1 unspecified atom stereocenters. The zero-order chi connectivity index (χ0) is 26.4. The van der Waals surface area contributed by atoms with E-state index < -0.39 is 17.8 Å². The van der Waals surface area contributed by atoms with Gasteiger partial charge in [-0.25, -0.2) is 4.39 Å². The van der Waals surface area contributed by atoms with Crippen LogP contribution in [-0.2, 0) is 6.54 Å². The highest BCUT2D eigenvalue weighted by molar-refractivity contribution is 6.32. The number of ether oxygens (including phenoxy) is 3. The smallest absolute Gasteiger partial charge is 0.291 e. The topological polar surface area (TPSA) is 78.2 Å². The maximum absolute atomic E-state index is 13.9. The first-order chi connectivity index (χ1) is 17.8. The third kappa shape index (κ3) is 4.07. The van der Waals surface area contributed by atoms with Crippen molar-refractivity contribution in [2.24, 2.45) is 0 Å². The van der Waals surface area contributed by atoms with Crippen LogP contribution in [0.25, 0.3) is 11.0 Å². The van der Waals surface area contributed by atoms with Gasteiger partial charge in [0.25, 0.3) is 5.91 Å². The third-order valence-electron chi connectivity index (χ3n) is 6.52. The Labute approximate surface area is 216 Å². The van der Waals surface area contributed by atoms with Crippen molar-refractivity contribution in [1.29, 1.82) is 0 Å². The number of carbonyl (C=O) groups excluding carboxylic acids is 1. The lowest BCUT2D eigenvalue weighted by Gasteiger charge is -2.26. The number of hydrogen-bond acceptors (Lipinski definition) is 6. The van der Waals surface area contributed by atoms with Crippen LogP contribution in [0, 0.1) is 12.7 Å². The first kappa shape index (κ1) is 24.6. The number of rotatable bonds is 6. The average molecular weight is 524 g/mol. The second-order valence-corrected chi connectivity index (χ2v) is 9.10. The predicted octanol–water partition coefficient (Wildman–Crippen LogP) is 5.67. The maximum atomic E-state index is 13.9. The number of carbonyl (C=O) groups is 1. The molecule has 5 rings (SSSR count). The molecule has 4 aromatic rings. The molecule has 37 heavy (non-hydrogen) atoms. The van der Waals surface area contributed by atoms with Gasteiger partial charge in [-0.3, -0.25) is 9.59 Å². The van der Waals surface area contributed by atoms with Crippen molar-refractivity contribution in [3.05, 3.63) is 97.6 Å². The van der Waals surface area contributed by atoms with Gasteiger partial charge in [-0.1, -0.05) is 23.7 Å². The molecule has 1 amide bonds. The van der Waals surface area contributed by atoms with Crippen molar-refractivity contribution in [1.82, 2.24) is 4.90 Å². The van der Waals surface area contributed by atoms with E-state index in [1.54, 1.807) is 43.3 Å². The van der Waals surface area contributed by atoms with Gasteiger partial charge < -0.3 is 23.5 Å². The zero-order valence-electron chi connectivity index (χ0n) is 20.6. The van der Waals surface area contributed by atoms with E-state index in [4.69, 9.17) is 30.2 Å². The molecule has 1 atom stereocenters. The molecule has 0 radical (unpaired) electrons. The number of halogens is 2. The summed E-state index contributed by atoms with van der Waals surface area (Å²) in [6.07, 6.45) is 0. The zero-order valence-corrected chi connectivity index (χ0v) is 21.3. The van der Waals surface area contributed by atoms with Gasteiger partial charge >= 0.3 is 0 Å². The fraction of sp³-hybridized carbons (Fsp3) is 0.214. The summed E-state index contributed by atoms with van der Waals surface area (Å²) >= 11 is 6.32. The van der Waals surface area contributed by atoms with E-state index in [0.717, 1.165) is 0 Å². The molecular weight excluding hydrogens is 501 g/mol. The average Bonchev–Trinajstić information content (AvgIpc) is 3.17. The Morgan fingerprint density at radius 2 is 1.62 bits per heavy atom. The Kier molecular flexibility index (Phi) is 6.29. The summed E-state index contributed by atoms with van der Waals surface area (Å²) in [4.78, 5) is 29.1. The number of benzene rings is 3. The normalized spacial score (nSPS) is 14.7. The second-order valence-electron chi connectivity index (χ2n) is 8.69. The summed E-state index contributed by atoms with van der Waals surface area (Å²) in [5.74, 6) is 0.184. The Balaban J connectivity index is 1.77. The van der Waals surface area contributed by atoms with Crippen molar-refractivity contribution < 1.29 is 27.8 Å². The predicted molar refractivity (Wildman–Crippen MR) is 136 cm³/mol. The van der Waals surface area contributed by atoms with Crippen LogP contribution in [0.4, 0.5) is 4.39 Å². The molecule has 1 aromatic heterocycles. The van der Waals surface area contributed by atoms with Crippen molar-refractivity contribution >= 4 is 28.5 Å². The van der Waals surface area contributed by atoms with E-state index in [1.165, 1.54) is 38.4 Å². The molecule has 0 spiro atoms. The number of methoxy groups -OCH3 is 3. The largest absolute Gasteiger partial charge is 0.493 e. The molecule has 0 bridgehead atoms. The highest BCUT2D eigenvalue weighted by Gasteiger charge is 2.43. The van der Waals surface area contributed by atoms with Gasteiger partial charge in [0.15, 0.2) is 16.9 Å². The molecule has 0 fully saturated rings. The van der Waals surface area contributed by atoms with Gasteiger partial charge in [-0.2, -0.15) is 0 Å². The van der Waals surface area contributed by atoms with Crippen LogP contribution in [0.5, 0.6) is 17.2 Å². The number of hydrogen-bond donors (Lipinski definition) is 0. The van der Waals surface area contributed by atoms with Gasteiger partial charge in [-0.15, -0.1) is 0 Å². The fourth-order valence-corrected chi connectivity index (χ4v) is 4.86. The van der Waals surface area contributed by atoms with Gasteiger partial charge in [0.05, 0.1) is 38.3 Å². The van der Waals surface area contributed by atoms with E-state index >= 15 is 0 Å². The minimum atomic E-state index is -0.845. The SMILES string of the molecule is COc1cc(C2c3c(oc4cc(C)c(Cl)cc4c3=O)C(=O)N2Cc2ccc(F)cc2)cc(OC)c1OC. The molecule has 0 saturated heterocycles. The Morgan fingerprint density at radius 1 is 0.973 bits per heavy atom. The van der Waals surface area contributed by atoms with E-state index in [-0.39, 0.29) is 34.3 Å². The molecule has 2 heterocycles. The highest BCUT2D eigenvalue weighted by Crippen LogP contribution is 2.45. The van der Waals surface area contributed by atoms with E-state index in [0.29, 0.717) is 39.0 Å². The second kappa shape index (κ2) is 9.44. The monoisotopic (exact) mass is 523 g/mol. The Morgan fingerprint density at radius 3 is 2.22 bits per heavy atom. The van der Waals surface area contributed by atoms with Crippen LogP contribution in [-0.4, -0.2) is 32.1 Å². The third-order valence-corrected chi connectivity index (χ3v) is 6.92. The molecule has 190 valence electrons. The van der Waals surface area contributed by atoms with Crippen LogP contribution >= 0.6 is 11.6 Å². The highest BCUT2D eigenvalue weighted by atomic mass is 35.5. The summed E-state index contributed by atoms with van der Waals surface area (Å²) in [7, 11) is 4.45. The van der Waals surface area contributed by atoms with E-state index in [1.807, 2.05) is 0 Å². The van der Waals surface area contributed by atoms with Gasteiger partial charge in [0.1, 0.15) is 11.4 Å². The van der Waals surface area contributed by atoms with E-state index in [2.05, 4.69) is 0 Å². The Hall–Kier alpha value is -4.04. The molecule has 7 nitrogen and oxygen atoms in total. The Bertz CT molecular complexity index is 1570. The summed E-state index contributed by atoms with van der Waals surface area (Å²) in [6.45, 7) is 1.89. The minimum absolute atomic E-state index is 0.0555. The number of fused-ring (bicyclic) bond motifs is 2. The number of aryl methyl sites for hydroxylation is 1. The molecule has 1 aliphatic heterocycles. The first-order valence-electron chi connectivity index (χ1n) is 11.4. The summed E-state index contributed by atoms with van der Waals surface area (Å²) < 4.78 is 36.1. The summed E-state index contributed by atoms with van der Waals surface area (Å²) in [5, 5.41) is 0.680. The van der Waals surface area contributed by atoms with Gasteiger partial charge in [0.2, 0.25) is 11.5 Å². The molecule has 0 N–H and O–H groups in total. The van der Waals surface area contributed by atoms with Crippen molar-refractivity contribution in [3.8, 4) is 17.2 Å². The molecule has 9 heteroatoms. The molecular formula is C28H23ClFNO6. The maximum Gasteiger partial charge on any atom is 0.291 e. The minimum Gasteiger partial charge on any atom is -0.493 e. The van der Waals surface area contributed by atoms with Crippen molar-refractivity contribution in [2.45, 2.75) is 19.5 Å². The van der Waals surface area contributed by atoms with Crippen molar-refractivity contribution in [3.63, 3.8) is 0 Å².